The van der Waals surface area contributed by atoms with Crippen molar-refractivity contribution in [3.05, 3.63) is 30.7 Å². The van der Waals surface area contributed by atoms with E-state index in [9.17, 15) is 0 Å². The minimum absolute atomic E-state index is 0.792. The largest absolute Gasteiger partial charge is 0.0883 e. The van der Waals surface area contributed by atoms with Crippen LogP contribution in [-0.2, 0) is 0 Å². The van der Waals surface area contributed by atoms with Crippen LogP contribution in [0, 0.1) is 12.3 Å². The molecule has 0 atom stereocenters. The Balaban J connectivity index is 3.19. The summed E-state index contributed by atoms with van der Waals surface area (Å²) in [7, 11) is 0. The van der Waals surface area contributed by atoms with Gasteiger partial charge in [0.2, 0.25) is 0 Å². The van der Waals surface area contributed by atoms with Crippen molar-refractivity contribution < 1.29 is 0 Å². The van der Waals surface area contributed by atoms with Crippen LogP contribution >= 0.6 is 0 Å². The molecule has 0 nitrogen and oxygen atoms in total. The van der Waals surface area contributed by atoms with Gasteiger partial charge in [-0.15, -0.1) is 0 Å². The first-order chi connectivity index (χ1) is 5.77. The van der Waals surface area contributed by atoms with Crippen LogP contribution in [0.2, 0.25) is 0 Å². The summed E-state index contributed by atoms with van der Waals surface area (Å²) in [6.45, 7) is 6.54. The zero-order valence-corrected chi connectivity index (χ0v) is 8.59. The molecule has 0 aromatic heterocycles. The Bertz CT molecular complexity index is 129. The lowest BCUT2D eigenvalue weighted by Gasteiger charge is -1.95. The fourth-order valence-electron chi connectivity index (χ4n) is 0.911. The molecule has 0 heterocycles. The fourth-order valence-corrected chi connectivity index (χ4v) is 0.911. The lowest BCUT2D eigenvalue weighted by atomic mass is 10.1. The lowest BCUT2D eigenvalue weighted by molar-refractivity contribution is 0.662. The maximum Gasteiger partial charge on any atom is -0.0202 e. The zero-order chi connectivity index (χ0) is 9.23. The van der Waals surface area contributed by atoms with Gasteiger partial charge in [-0.2, -0.15) is 0 Å². The van der Waals surface area contributed by atoms with Crippen molar-refractivity contribution in [1.82, 2.24) is 0 Å². The van der Waals surface area contributed by atoms with Crippen LogP contribution in [0.4, 0.5) is 0 Å². The summed E-state index contributed by atoms with van der Waals surface area (Å²) < 4.78 is 0. The standard InChI is InChI=1S/C12H21/c1-4-5-6-7-8-9-10-11-12(2)3/h4-6,9-10,12H,7-8,11H2,1-3H3. The summed E-state index contributed by atoms with van der Waals surface area (Å²) in [4.78, 5) is 0. The molecule has 0 N–H and O–H groups in total. The molecule has 69 valence electrons. The summed E-state index contributed by atoms with van der Waals surface area (Å²) in [6.07, 6.45) is 14.5. The van der Waals surface area contributed by atoms with E-state index >= 15 is 0 Å². The van der Waals surface area contributed by atoms with Gasteiger partial charge in [0.05, 0.1) is 0 Å². The van der Waals surface area contributed by atoms with Gasteiger partial charge in [-0.05, 0) is 31.6 Å². The number of hydrogen-bond donors (Lipinski definition) is 0. The van der Waals surface area contributed by atoms with E-state index in [2.05, 4.69) is 44.6 Å². The molecule has 0 aliphatic carbocycles. The molecule has 0 rings (SSSR count). The number of rotatable bonds is 6. The highest BCUT2D eigenvalue weighted by atomic mass is 13.9. The van der Waals surface area contributed by atoms with Crippen molar-refractivity contribution in [2.24, 2.45) is 5.92 Å². The first-order valence-corrected chi connectivity index (χ1v) is 4.87. The molecule has 12 heavy (non-hydrogen) atoms. The molecular weight excluding hydrogens is 144 g/mol. The molecule has 0 amide bonds. The Morgan fingerprint density at radius 1 is 1.00 bits per heavy atom. The van der Waals surface area contributed by atoms with E-state index in [-0.39, 0.29) is 0 Å². The minimum atomic E-state index is 0.792. The van der Waals surface area contributed by atoms with Gasteiger partial charge in [-0.3, -0.25) is 0 Å². The highest BCUT2D eigenvalue weighted by Crippen LogP contribution is 2.01. The molecule has 0 aromatic carbocycles. The van der Waals surface area contributed by atoms with Gasteiger partial charge in [0, 0.05) is 0 Å². The van der Waals surface area contributed by atoms with Crippen LogP contribution in [0.15, 0.2) is 24.3 Å². The normalized spacial score (nSPS) is 12.3. The maximum absolute atomic E-state index is 2.29. The molecule has 0 saturated carbocycles. The minimum Gasteiger partial charge on any atom is -0.0883 e. The van der Waals surface area contributed by atoms with Crippen molar-refractivity contribution in [2.75, 3.05) is 0 Å². The molecule has 0 fully saturated rings. The number of unbranched alkanes of at least 4 members (excludes halogenated alkanes) is 1. The Hall–Kier alpha value is -0.520. The first kappa shape index (κ1) is 11.5. The molecular formula is C12H21. The lowest BCUT2D eigenvalue weighted by Crippen LogP contribution is -1.80. The van der Waals surface area contributed by atoms with Crippen LogP contribution in [0.3, 0.4) is 0 Å². The average Bonchev–Trinajstić information content (AvgIpc) is 2.02. The SMILES string of the molecule is C[CH]C=CCCC=CCC(C)C. The quantitative estimate of drug-likeness (QED) is 0.409. The summed E-state index contributed by atoms with van der Waals surface area (Å²) in [6, 6.07) is 0. The van der Waals surface area contributed by atoms with Crippen molar-refractivity contribution in [2.45, 2.75) is 40.0 Å². The second-order valence-electron chi connectivity index (χ2n) is 3.44. The van der Waals surface area contributed by atoms with E-state index < -0.39 is 0 Å². The van der Waals surface area contributed by atoms with Gasteiger partial charge in [-0.1, -0.05) is 45.1 Å². The maximum atomic E-state index is 2.29. The third-order valence-corrected chi connectivity index (χ3v) is 1.60. The summed E-state index contributed by atoms with van der Waals surface area (Å²) in [5.74, 6) is 0.792. The topological polar surface area (TPSA) is 0 Å². The van der Waals surface area contributed by atoms with E-state index in [1.54, 1.807) is 0 Å². The summed E-state index contributed by atoms with van der Waals surface area (Å²) in [5.41, 5.74) is 0. The molecule has 0 spiro atoms. The molecule has 0 aromatic rings. The van der Waals surface area contributed by atoms with E-state index in [0.717, 1.165) is 5.92 Å². The van der Waals surface area contributed by atoms with Gasteiger partial charge in [0.15, 0.2) is 0 Å². The van der Waals surface area contributed by atoms with E-state index in [0.29, 0.717) is 0 Å². The van der Waals surface area contributed by atoms with Gasteiger partial charge in [0.1, 0.15) is 0 Å². The van der Waals surface area contributed by atoms with E-state index in [1.807, 2.05) is 6.92 Å². The average molecular weight is 165 g/mol. The number of allylic oxidation sites excluding steroid dienone is 4. The summed E-state index contributed by atoms with van der Waals surface area (Å²) >= 11 is 0. The van der Waals surface area contributed by atoms with E-state index in [1.165, 1.54) is 19.3 Å². The van der Waals surface area contributed by atoms with Crippen molar-refractivity contribution in [3.63, 3.8) is 0 Å². The van der Waals surface area contributed by atoms with Crippen LogP contribution in [0.25, 0.3) is 0 Å². The summed E-state index contributed by atoms with van der Waals surface area (Å²) in [5, 5.41) is 0. The van der Waals surface area contributed by atoms with Gasteiger partial charge < -0.3 is 0 Å². The molecule has 0 aliphatic heterocycles. The number of hydrogen-bond acceptors (Lipinski definition) is 0. The monoisotopic (exact) mass is 165 g/mol. The molecule has 0 saturated heterocycles. The van der Waals surface area contributed by atoms with Crippen LogP contribution in [0.1, 0.15) is 40.0 Å². The van der Waals surface area contributed by atoms with Crippen LogP contribution in [-0.4, -0.2) is 0 Å². The second-order valence-corrected chi connectivity index (χ2v) is 3.44. The Labute approximate surface area is 77.4 Å². The van der Waals surface area contributed by atoms with Gasteiger partial charge >= 0.3 is 0 Å². The first-order valence-electron chi connectivity index (χ1n) is 4.87. The third kappa shape index (κ3) is 9.48. The highest BCUT2D eigenvalue weighted by Gasteiger charge is 1.85. The second kappa shape index (κ2) is 8.58. The molecule has 1 radical (unpaired) electrons. The predicted molar refractivity (Wildman–Crippen MR) is 56.9 cm³/mol. The molecule has 0 heteroatoms. The Morgan fingerprint density at radius 2 is 1.67 bits per heavy atom. The van der Waals surface area contributed by atoms with E-state index in [4.69, 9.17) is 0 Å². The highest BCUT2D eigenvalue weighted by molar-refractivity contribution is 4.93. The molecule has 0 bridgehead atoms. The van der Waals surface area contributed by atoms with Gasteiger partial charge in [0.25, 0.3) is 0 Å². The third-order valence-electron chi connectivity index (χ3n) is 1.60. The Kier molecular flexibility index (Phi) is 8.20. The van der Waals surface area contributed by atoms with Crippen molar-refractivity contribution >= 4 is 0 Å². The predicted octanol–water partition coefficient (Wildman–Crippen LogP) is 4.15. The zero-order valence-electron chi connectivity index (χ0n) is 8.59. The Morgan fingerprint density at radius 3 is 2.25 bits per heavy atom. The van der Waals surface area contributed by atoms with Crippen LogP contribution < -0.4 is 0 Å². The van der Waals surface area contributed by atoms with Crippen molar-refractivity contribution in [3.8, 4) is 0 Å². The smallest absolute Gasteiger partial charge is 0.0202 e. The van der Waals surface area contributed by atoms with Crippen molar-refractivity contribution in [1.29, 1.82) is 0 Å². The fraction of sp³-hybridized carbons (Fsp3) is 0.583. The molecule has 0 aliphatic rings. The van der Waals surface area contributed by atoms with Gasteiger partial charge in [-0.25, -0.2) is 0 Å². The molecule has 0 unspecified atom stereocenters. The van der Waals surface area contributed by atoms with Crippen LogP contribution in [0.5, 0.6) is 0 Å².